The van der Waals surface area contributed by atoms with Gasteiger partial charge in [-0.15, -0.1) is 10.2 Å². The Bertz CT molecular complexity index is 722. The van der Waals surface area contributed by atoms with Crippen LogP contribution < -0.4 is 4.74 Å². The summed E-state index contributed by atoms with van der Waals surface area (Å²) in [6, 6.07) is 17.6. The molecular formula is C17H16N2O2. The quantitative estimate of drug-likeness (QED) is 0.719. The van der Waals surface area contributed by atoms with Crippen LogP contribution in [0.1, 0.15) is 24.5 Å². The first-order valence-corrected chi connectivity index (χ1v) is 6.84. The molecule has 3 aromatic rings. The zero-order valence-corrected chi connectivity index (χ0v) is 12.0. The van der Waals surface area contributed by atoms with Crippen molar-refractivity contribution in [1.82, 2.24) is 10.2 Å². The average Bonchev–Trinajstić information content (AvgIpc) is 2.98. The fourth-order valence-corrected chi connectivity index (χ4v) is 2.05. The summed E-state index contributed by atoms with van der Waals surface area (Å²) in [7, 11) is 0. The minimum absolute atomic E-state index is 0.293. The first kappa shape index (κ1) is 13.4. The highest BCUT2D eigenvalue weighted by Crippen LogP contribution is 2.24. The highest BCUT2D eigenvalue weighted by atomic mass is 16.5. The van der Waals surface area contributed by atoms with Crippen LogP contribution in [-0.4, -0.2) is 10.2 Å². The van der Waals surface area contributed by atoms with Crippen molar-refractivity contribution in [2.24, 2.45) is 0 Å². The van der Waals surface area contributed by atoms with Crippen molar-refractivity contribution < 1.29 is 9.15 Å². The molecule has 3 rings (SSSR count). The van der Waals surface area contributed by atoms with Crippen LogP contribution in [0.25, 0.3) is 11.5 Å². The van der Waals surface area contributed by atoms with Crippen LogP contribution in [0.2, 0.25) is 0 Å². The van der Waals surface area contributed by atoms with Crippen molar-refractivity contribution in [3.8, 4) is 17.2 Å². The molecule has 1 heterocycles. The Morgan fingerprint density at radius 1 is 1.00 bits per heavy atom. The van der Waals surface area contributed by atoms with Gasteiger partial charge in [0.25, 0.3) is 5.89 Å². The molecule has 4 heteroatoms. The van der Waals surface area contributed by atoms with Crippen LogP contribution >= 0.6 is 0 Å². The van der Waals surface area contributed by atoms with Crippen LogP contribution in [0, 0.1) is 6.92 Å². The molecular weight excluding hydrogens is 264 g/mol. The minimum atomic E-state index is -0.293. The topological polar surface area (TPSA) is 48.2 Å². The molecule has 0 saturated heterocycles. The molecule has 106 valence electrons. The van der Waals surface area contributed by atoms with Gasteiger partial charge in [-0.2, -0.15) is 0 Å². The normalized spacial score (nSPS) is 12.1. The number of hydrogen-bond acceptors (Lipinski definition) is 4. The van der Waals surface area contributed by atoms with E-state index in [0.29, 0.717) is 11.8 Å². The molecule has 0 bridgehead atoms. The minimum Gasteiger partial charge on any atom is -0.481 e. The second-order valence-electron chi connectivity index (χ2n) is 4.89. The zero-order valence-electron chi connectivity index (χ0n) is 12.0. The van der Waals surface area contributed by atoms with E-state index in [1.165, 1.54) is 0 Å². The van der Waals surface area contributed by atoms with E-state index in [-0.39, 0.29) is 6.10 Å². The van der Waals surface area contributed by atoms with Gasteiger partial charge in [0.15, 0.2) is 6.10 Å². The lowest BCUT2D eigenvalue weighted by Crippen LogP contribution is -2.03. The number of hydrogen-bond donors (Lipinski definition) is 0. The monoisotopic (exact) mass is 280 g/mol. The van der Waals surface area contributed by atoms with Gasteiger partial charge >= 0.3 is 0 Å². The van der Waals surface area contributed by atoms with E-state index in [9.17, 15) is 0 Å². The van der Waals surface area contributed by atoms with E-state index >= 15 is 0 Å². The van der Waals surface area contributed by atoms with Gasteiger partial charge in [0.05, 0.1) is 0 Å². The lowest BCUT2D eigenvalue weighted by molar-refractivity contribution is 0.189. The van der Waals surface area contributed by atoms with Crippen molar-refractivity contribution in [1.29, 1.82) is 0 Å². The van der Waals surface area contributed by atoms with Gasteiger partial charge in [0.2, 0.25) is 5.89 Å². The summed E-state index contributed by atoms with van der Waals surface area (Å²) in [5, 5.41) is 8.17. The predicted molar refractivity (Wildman–Crippen MR) is 80.0 cm³/mol. The van der Waals surface area contributed by atoms with E-state index in [1.54, 1.807) is 0 Å². The van der Waals surface area contributed by atoms with Crippen molar-refractivity contribution >= 4 is 0 Å². The van der Waals surface area contributed by atoms with Crippen molar-refractivity contribution in [2.45, 2.75) is 20.0 Å². The summed E-state index contributed by atoms with van der Waals surface area (Å²) < 4.78 is 11.5. The van der Waals surface area contributed by atoms with Crippen molar-refractivity contribution in [2.75, 3.05) is 0 Å². The number of benzene rings is 2. The molecule has 21 heavy (non-hydrogen) atoms. The van der Waals surface area contributed by atoms with Crippen LogP contribution in [0.15, 0.2) is 59.0 Å². The number of rotatable bonds is 4. The van der Waals surface area contributed by atoms with Gasteiger partial charge in [-0.05, 0) is 38.1 Å². The number of ether oxygens (including phenoxy) is 1. The molecule has 0 fully saturated rings. The Labute approximate surface area is 123 Å². The molecule has 1 aromatic heterocycles. The lowest BCUT2D eigenvalue weighted by Gasteiger charge is -2.10. The number of aryl methyl sites for hydroxylation is 1. The summed E-state index contributed by atoms with van der Waals surface area (Å²) in [6.07, 6.45) is -0.293. The molecule has 2 aromatic carbocycles. The smallest absolute Gasteiger partial charge is 0.257 e. The SMILES string of the molecule is Cc1cccc(-c2nnc(C(C)Oc3ccccc3)o2)c1. The zero-order chi connectivity index (χ0) is 14.7. The fraction of sp³-hybridized carbons (Fsp3) is 0.176. The third-order valence-electron chi connectivity index (χ3n) is 3.11. The van der Waals surface area contributed by atoms with Gasteiger partial charge in [0, 0.05) is 5.56 Å². The maximum absolute atomic E-state index is 5.78. The van der Waals surface area contributed by atoms with Crippen LogP contribution in [0.5, 0.6) is 5.75 Å². The first-order chi connectivity index (χ1) is 10.2. The molecule has 0 aliphatic heterocycles. The van der Waals surface area contributed by atoms with Crippen LogP contribution in [0.3, 0.4) is 0 Å². The van der Waals surface area contributed by atoms with Crippen LogP contribution in [-0.2, 0) is 0 Å². The Balaban J connectivity index is 1.78. The maximum atomic E-state index is 5.78. The summed E-state index contributed by atoms with van der Waals surface area (Å²) in [5.41, 5.74) is 2.07. The van der Waals surface area contributed by atoms with Gasteiger partial charge in [0.1, 0.15) is 5.75 Å². The average molecular weight is 280 g/mol. The number of nitrogens with zero attached hydrogens (tertiary/aromatic N) is 2. The van der Waals surface area contributed by atoms with Gasteiger partial charge < -0.3 is 9.15 Å². The highest BCUT2D eigenvalue weighted by Gasteiger charge is 2.16. The third kappa shape index (κ3) is 3.11. The standard InChI is InChI=1S/C17H16N2O2/c1-12-7-6-8-14(11-12)17-19-18-16(21-17)13(2)20-15-9-4-3-5-10-15/h3-11,13H,1-2H3. The molecule has 0 spiro atoms. The second-order valence-corrected chi connectivity index (χ2v) is 4.89. The lowest BCUT2D eigenvalue weighted by atomic mass is 10.1. The Morgan fingerprint density at radius 3 is 2.57 bits per heavy atom. The predicted octanol–water partition coefficient (Wildman–Crippen LogP) is 4.19. The molecule has 1 unspecified atom stereocenters. The number of aromatic nitrogens is 2. The Morgan fingerprint density at radius 2 is 1.81 bits per heavy atom. The largest absolute Gasteiger partial charge is 0.481 e. The summed E-state index contributed by atoms with van der Waals surface area (Å²) in [6.45, 7) is 3.92. The van der Waals surface area contributed by atoms with E-state index in [1.807, 2.05) is 68.4 Å². The van der Waals surface area contributed by atoms with E-state index in [4.69, 9.17) is 9.15 Å². The molecule has 0 radical (unpaired) electrons. The molecule has 0 N–H and O–H groups in total. The molecule has 4 nitrogen and oxygen atoms in total. The molecule has 0 amide bonds. The van der Waals surface area contributed by atoms with E-state index in [2.05, 4.69) is 10.2 Å². The second kappa shape index (κ2) is 5.79. The molecule has 1 atom stereocenters. The van der Waals surface area contributed by atoms with Crippen molar-refractivity contribution in [3.05, 3.63) is 66.1 Å². The summed E-state index contributed by atoms with van der Waals surface area (Å²) in [4.78, 5) is 0. The Kier molecular flexibility index (Phi) is 3.69. The molecule has 0 saturated carbocycles. The first-order valence-electron chi connectivity index (χ1n) is 6.84. The van der Waals surface area contributed by atoms with Gasteiger partial charge in [-0.3, -0.25) is 0 Å². The van der Waals surface area contributed by atoms with Gasteiger partial charge in [-0.1, -0.05) is 35.9 Å². The Hall–Kier alpha value is -2.62. The van der Waals surface area contributed by atoms with Crippen molar-refractivity contribution in [3.63, 3.8) is 0 Å². The van der Waals surface area contributed by atoms with E-state index < -0.39 is 0 Å². The molecule has 0 aliphatic rings. The fourth-order valence-electron chi connectivity index (χ4n) is 2.05. The third-order valence-corrected chi connectivity index (χ3v) is 3.11. The van der Waals surface area contributed by atoms with E-state index in [0.717, 1.165) is 16.9 Å². The number of para-hydroxylation sites is 1. The van der Waals surface area contributed by atoms with Gasteiger partial charge in [-0.25, -0.2) is 0 Å². The highest BCUT2D eigenvalue weighted by molar-refractivity contribution is 5.53. The summed E-state index contributed by atoms with van der Waals surface area (Å²) >= 11 is 0. The molecule has 0 aliphatic carbocycles. The maximum Gasteiger partial charge on any atom is 0.257 e. The van der Waals surface area contributed by atoms with Crippen LogP contribution in [0.4, 0.5) is 0 Å². The summed E-state index contributed by atoms with van der Waals surface area (Å²) in [5.74, 6) is 1.76.